The minimum Gasteiger partial charge on any atom is -0.505 e. The summed E-state index contributed by atoms with van der Waals surface area (Å²) in [5.74, 6) is -0.179. The van der Waals surface area contributed by atoms with Gasteiger partial charge in [0.1, 0.15) is 11.5 Å². The highest BCUT2D eigenvalue weighted by atomic mass is 16.3. The van der Waals surface area contributed by atoms with Crippen molar-refractivity contribution < 1.29 is 9.90 Å². The number of aryl methyl sites for hydroxylation is 1. The zero-order valence-electron chi connectivity index (χ0n) is 21.2. The number of nitrogens with zero attached hydrogens (tertiary/aromatic N) is 2. The Morgan fingerprint density at radius 2 is 1.74 bits per heavy atom. The summed E-state index contributed by atoms with van der Waals surface area (Å²) in [5.41, 5.74) is 5.56. The van der Waals surface area contributed by atoms with Crippen molar-refractivity contribution in [2.45, 2.75) is 57.8 Å². The van der Waals surface area contributed by atoms with Gasteiger partial charge in [0.15, 0.2) is 0 Å². The maximum Gasteiger partial charge on any atom is 0.274 e. The van der Waals surface area contributed by atoms with Crippen LogP contribution in [0.4, 0.5) is 0 Å². The molecule has 184 valence electrons. The van der Waals surface area contributed by atoms with Crippen LogP contribution in [0.3, 0.4) is 0 Å². The van der Waals surface area contributed by atoms with Crippen LogP contribution in [-0.4, -0.2) is 40.4 Å². The Morgan fingerprint density at radius 3 is 2.40 bits per heavy atom. The fourth-order valence-corrected chi connectivity index (χ4v) is 5.65. The number of benzene rings is 2. The average molecular weight is 471 g/mol. The zero-order valence-corrected chi connectivity index (χ0v) is 21.2. The van der Waals surface area contributed by atoms with Gasteiger partial charge in [0.2, 0.25) is 0 Å². The van der Waals surface area contributed by atoms with E-state index in [2.05, 4.69) is 56.5 Å². The second kappa shape index (κ2) is 10.6. The van der Waals surface area contributed by atoms with Gasteiger partial charge in [0.25, 0.3) is 5.91 Å². The van der Waals surface area contributed by atoms with Crippen molar-refractivity contribution in [3.63, 3.8) is 0 Å². The maximum absolute atomic E-state index is 13.6. The number of carbonyl (C=O) groups excluding carboxylic acids is 1. The summed E-state index contributed by atoms with van der Waals surface area (Å²) >= 11 is 0. The van der Waals surface area contributed by atoms with Crippen molar-refractivity contribution in [2.75, 3.05) is 19.6 Å². The first-order valence-corrected chi connectivity index (χ1v) is 12.8. The molecule has 0 radical (unpaired) electrons. The highest BCUT2D eigenvalue weighted by Gasteiger charge is 2.40. The number of amides is 1. The van der Waals surface area contributed by atoms with Gasteiger partial charge in [-0.1, -0.05) is 86.2 Å². The highest BCUT2D eigenvalue weighted by Crippen LogP contribution is 2.46. The topological polar surface area (TPSA) is 43.8 Å². The molecule has 0 atom stereocenters. The Bertz CT molecular complexity index is 1130. The summed E-state index contributed by atoms with van der Waals surface area (Å²) in [6.07, 6.45) is 6.20. The predicted octanol–water partition coefficient (Wildman–Crippen LogP) is 6.44. The van der Waals surface area contributed by atoms with Crippen LogP contribution in [0.2, 0.25) is 0 Å². The first kappa shape index (κ1) is 24.8. The SMILES string of the molecule is C=C(C)/C(O)=C1/C(=O)N(CCc2ccccc2)CCN1C(=C)CC1(c2cccc(C)c2)CCCC1. The van der Waals surface area contributed by atoms with Crippen LogP contribution in [0.1, 0.15) is 55.7 Å². The largest absolute Gasteiger partial charge is 0.505 e. The lowest BCUT2D eigenvalue weighted by atomic mass is 9.74. The number of hydrogen-bond acceptors (Lipinski definition) is 3. The monoisotopic (exact) mass is 470 g/mol. The number of aliphatic hydroxyl groups excluding tert-OH is 1. The molecule has 4 nitrogen and oxygen atoms in total. The van der Waals surface area contributed by atoms with E-state index in [1.165, 1.54) is 29.5 Å². The van der Waals surface area contributed by atoms with Crippen LogP contribution in [0.25, 0.3) is 0 Å². The number of piperazine rings is 1. The first-order valence-electron chi connectivity index (χ1n) is 12.8. The van der Waals surface area contributed by atoms with E-state index < -0.39 is 0 Å². The van der Waals surface area contributed by atoms with Crippen molar-refractivity contribution in [2.24, 2.45) is 0 Å². The normalized spacial score (nSPS) is 19.1. The molecular formula is C31H38N2O2. The second-order valence-electron chi connectivity index (χ2n) is 10.3. The van der Waals surface area contributed by atoms with Crippen molar-refractivity contribution in [1.29, 1.82) is 0 Å². The molecule has 1 aliphatic heterocycles. The van der Waals surface area contributed by atoms with E-state index in [0.29, 0.717) is 30.9 Å². The van der Waals surface area contributed by atoms with Gasteiger partial charge in [-0.05, 0) is 56.2 Å². The Kier molecular flexibility index (Phi) is 7.49. The summed E-state index contributed by atoms with van der Waals surface area (Å²) in [6.45, 7) is 14.1. The Labute approximate surface area is 210 Å². The Balaban J connectivity index is 1.57. The van der Waals surface area contributed by atoms with Gasteiger partial charge < -0.3 is 14.9 Å². The van der Waals surface area contributed by atoms with Gasteiger partial charge in [-0.15, -0.1) is 0 Å². The molecule has 1 heterocycles. The molecule has 2 aromatic rings. The lowest BCUT2D eigenvalue weighted by molar-refractivity contribution is -0.131. The lowest BCUT2D eigenvalue weighted by Crippen LogP contribution is -2.49. The van der Waals surface area contributed by atoms with Crippen LogP contribution in [0, 0.1) is 6.92 Å². The quantitative estimate of drug-likeness (QED) is 0.356. The van der Waals surface area contributed by atoms with Gasteiger partial charge in [0.05, 0.1) is 0 Å². The first-order chi connectivity index (χ1) is 16.8. The van der Waals surface area contributed by atoms with E-state index in [0.717, 1.165) is 31.4 Å². The van der Waals surface area contributed by atoms with Crippen LogP contribution < -0.4 is 0 Å². The molecule has 1 N–H and O–H groups in total. The number of aliphatic hydroxyl groups is 1. The van der Waals surface area contributed by atoms with Crippen molar-refractivity contribution >= 4 is 5.91 Å². The summed E-state index contributed by atoms with van der Waals surface area (Å²) in [4.78, 5) is 17.4. The molecule has 2 aromatic carbocycles. The molecule has 4 rings (SSSR count). The van der Waals surface area contributed by atoms with Crippen LogP contribution in [0.15, 0.2) is 90.5 Å². The molecule has 35 heavy (non-hydrogen) atoms. The van der Waals surface area contributed by atoms with E-state index in [9.17, 15) is 9.90 Å². The zero-order chi connectivity index (χ0) is 25.0. The second-order valence-corrected chi connectivity index (χ2v) is 10.3. The molecule has 1 amide bonds. The van der Waals surface area contributed by atoms with E-state index in [-0.39, 0.29) is 17.1 Å². The van der Waals surface area contributed by atoms with E-state index >= 15 is 0 Å². The summed E-state index contributed by atoms with van der Waals surface area (Å²) in [6, 6.07) is 19.0. The van der Waals surface area contributed by atoms with E-state index in [4.69, 9.17) is 0 Å². The van der Waals surface area contributed by atoms with Gasteiger partial charge in [-0.25, -0.2) is 0 Å². The number of hydrogen-bond donors (Lipinski definition) is 1. The lowest BCUT2D eigenvalue weighted by Gasteiger charge is -2.41. The minimum atomic E-state index is -0.148. The molecule has 2 aliphatic rings. The van der Waals surface area contributed by atoms with Gasteiger partial charge in [-0.2, -0.15) is 0 Å². The van der Waals surface area contributed by atoms with Gasteiger partial charge in [0, 0.05) is 30.7 Å². The molecule has 0 unspecified atom stereocenters. The molecule has 0 spiro atoms. The minimum absolute atomic E-state index is 0.0283. The molecule has 1 saturated heterocycles. The van der Waals surface area contributed by atoms with Crippen LogP contribution in [-0.2, 0) is 16.6 Å². The predicted molar refractivity (Wildman–Crippen MR) is 143 cm³/mol. The molecule has 4 heteroatoms. The summed E-state index contributed by atoms with van der Waals surface area (Å²) in [7, 11) is 0. The van der Waals surface area contributed by atoms with E-state index in [1.807, 2.05) is 28.0 Å². The smallest absolute Gasteiger partial charge is 0.274 e. The van der Waals surface area contributed by atoms with E-state index in [1.54, 1.807) is 6.92 Å². The molecule has 0 aromatic heterocycles. The Morgan fingerprint density at radius 1 is 1.03 bits per heavy atom. The van der Waals surface area contributed by atoms with Gasteiger partial charge in [-0.3, -0.25) is 4.79 Å². The fourth-order valence-electron chi connectivity index (χ4n) is 5.65. The fraction of sp³-hybridized carbons (Fsp3) is 0.387. The third-order valence-electron chi connectivity index (χ3n) is 7.61. The molecule has 1 aliphatic carbocycles. The van der Waals surface area contributed by atoms with Crippen molar-refractivity contribution in [3.05, 3.63) is 107 Å². The molecule has 2 fully saturated rings. The van der Waals surface area contributed by atoms with Crippen LogP contribution >= 0.6 is 0 Å². The van der Waals surface area contributed by atoms with Crippen molar-refractivity contribution in [3.8, 4) is 0 Å². The van der Waals surface area contributed by atoms with Gasteiger partial charge >= 0.3 is 0 Å². The third kappa shape index (κ3) is 5.37. The number of carbonyl (C=O) groups is 1. The van der Waals surface area contributed by atoms with Crippen molar-refractivity contribution in [1.82, 2.24) is 9.80 Å². The maximum atomic E-state index is 13.6. The average Bonchev–Trinajstić information content (AvgIpc) is 3.33. The molecule has 0 bridgehead atoms. The molecular weight excluding hydrogens is 432 g/mol. The molecule has 1 saturated carbocycles. The summed E-state index contributed by atoms with van der Waals surface area (Å²) < 4.78 is 0. The van der Waals surface area contributed by atoms with Crippen LogP contribution in [0.5, 0.6) is 0 Å². The highest BCUT2D eigenvalue weighted by molar-refractivity contribution is 5.95. The number of allylic oxidation sites excluding steroid dienone is 2. The standard InChI is InChI=1S/C31H38N2O2/c1-23(2)29(34)28-30(35)32(18-15-26-12-6-5-7-13-26)19-20-33(28)25(4)22-31(16-8-9-17-31)27-14-10-11-24(3)21-27/h5-7,10-14,21,34H,1,4,8-9,15-20,22H2,2-3H3/b29-28+. The number of rotatable bonds is 8. The Hall–Kier alpha value is -3.27. The third-order valence-corrected chi connectivity index (χ3v) is 7.61. The summed E-state index contributed by atoms with van der Waals surface area (Å²) in [5, 5.41) is 11.0.